The van der Waals surface area contributed by atoms with Crippen LogP contribution in [0.5, 0.6) is 0 Å². The van der Waals surface area contributed by atoms with E-state index in [9.17, 15) is 19.2 Å². The van der Waals surface area contributed by atoms with Crippen LogP contribution in [0.25, 0.3) is 0 Å². The summed E-state index contributed by atoms with van der Waals surface area (Å²) in [5, 5.41) is 23.5. The molecule has 0 aromatic heterocycles. The van der Waals surface area contributed by atoms with Crippen molar-refractivity contribution in [2.75, 3.05) is 19.7 Å². The van der Waals surface area contributed by atoms with Crippen LogP contribution in [0, 0.1) is 0 Å². The molecule has 2 atom stereocenters. The van der Waals surface area contributed by atoms with Gasteiger partial charge < -0.3 is 31.9 Å². The first-order valence-corrected chi connectivity index (χ1v) is 5.71. The fraction of sp³-hybridized carbons (Fsp3) is 0.600. The van der Waals surface area contributed by atoms with Crippen LogP contribution in [-0.4, -0.2) is 65.7 Å². The van der Waals surface area contributed by atoms with Crippen molar-refractivity contribution in [3.05, 3.63) is 0 Å². The number of aliphatic carboxylic acids is 1. The average Bonchev–Trinajstić information content (AvgIpc) is 2.40. The van der Waals surface area contributed by atoms with Crippen molar-refractivity contribution >= 4 is 23.7 Å². The molecule has 0 aromatic carbocycles. The predicted octanol–water partition coefficient (Wildman–Crippen LogP) is -3.87. The zero-order chi connectivity index (χ0) is 15.7. The second kappa shape index (κ2) is 8.82. The van der Waals surface area contributed by atoms with E-state index in [0.717, 1.165) is 0 Å². The number of carboxylic acid groups (broad SMARTS) is 1. The molecule has 0 heterocycles. The van der Waals surface area contributed by atoms with Gasteiger partial charge in [0.25, 0.3) is 0 Å². The Morgan fingerprint density at radius 3 is 2.20 bits per heavy atom. The lowest BCUT2D eigenvalue weighted by atomic mass is 10.2. The molecule has 10 nitrogen and oxygen atoms in total. The first kappa shape index (κ1) is 17.8. The number of carbonyl (C=O) groups is 4. The maximum atomic E-state index is 11.5. The van der Waals surface area contributed by atoms with Crippen LogP contribution >= 0.6 is 0 Å². The third-order valence-corrected chi connectivity index (χ3v) is 2.15. The summed E-state index contributed by atoms with van der Waals surface area (Å²) < 4.78 is 0. The number of hydrogen-bond donors (Lipinski definition) is 6. The molecular formula is C10H18N4O6. The zero-order valence-corrected chi connectivity index (χ0v) is 10.9. The molecule has 114 valence electrons. The summed E-state index contributed by atoms with van der Waals surface area (Å²) >= 11 is 0. The van der Waals surface area contributed by atoms with E-state index in [1.807, 2.05) is 0 Å². The van der Waals surface area contributed by atoms with Gasteiger partial charge in [-0.05, 0) is 6.92 Å². The molecule has 0 saturated heterocycles. The molecule has 0 aliphatic heterocycles. The minimum absolute atomic E-state index is 0.418. The Balaban J connectivity index is 4.05. The fourth-order valence-corrected chi connectivity index (χ4v) is 1.03. The number of aliphatic hydroxyl groups excluding tert-OH is 1. The highest BCUT2D eigenvalue weighted by Crippen LogP contribution is 1.85. The number of hydrogen-bond acceptors (Lipinski definition) is 6. The highest BCUT2D eigenvalue weighted by Gasteiger charge is 2.19. The van der Waals surface area contributed by atoms with Crippen LogP contribution < -0.4 is 21.7 Å². The molecule has 20 heavy (non-hydrogen) atoms. The van der Waals surface area contributed by atoms with E-state index in [1.165, 1.54) is 6.92 Å². The Kier molecular flexibility index (Phi) is 7.85. The summed E-state index contributed by atoms with van der Waals surface area (Å²) in [5.74, 6) is -3.23. The van der Waals surface area contributed by atoms with E-state index >= 15 is 0 Å². The number of amides is 3. The summed E-state index contributed by atoms with van der Waals surface area (Å²) in [5.41, 5.74) is 5.24. The lowest BCUT2D eigenvalue weighted by Crippen LogP contribution is -2.52. The molecule has 0 saturated carbocycles. The van der Waals surface area contributed by atoms with Gasteiger partial charge >= 0.3 is 5.97 Å². The van der Waals surface area contributed by atoms with E-state index in [0.29, 0.717) is 0 Å². The van der Waals surface area contributed by atoms with E-state index in [2.05, 4.69) is 16.0 Å². The minimum atomic E-state index is -1.21. The summed E-state index contributed by atoms with van der Waals surface area (Å²) in [6.07, 6.45) is 0. The summed E-state index contributed by atoms with van der Waals surface area (Å²) in [7, 11) is 0. The molecule has 0 aromatic rings. The Morgan fingerprint density at radius 2 is 1.70 bits per heavy atom. The van der Waals surface area contributed by atoms with Crippen LogP contribution in [0.1, 0.15) is 6.92 Å². The maximum absolute atomic E-state index is 11.5. The average molecular weight is 290 g/mol. The normalized spacial score (nSPS) is 12.9. The molecule has 0 rings (SSSR count). The van der Waals surface area contributed by atoms with Crippen LogP contribution in [-0.2, 0) is 19.2 Å². The van der Waals surface area contributed by atoms with Crippen molar-refractivity contribution in [2.45, 2.75) is 19.0 Å². The molecular weight excluding hydrogens is 272 g/mol. The predicted molar refractivity (Wildman–Crippen MR) is 66.3 cm³/mol. The molecule has 0 fully saturated rings. The molecule has 0 aliphatic carbocycles. The van der Waals surface area contributed by atoms with E-state index in [-0.39, 0.29) is 0 Å². The van der Waals surface area contributed by atoms with Gasteiger partial charge in [-0.25, -0.2) is 0 Å². The van der Waals surface area contributed by atoms with Crippen molar-refractivity contribution in [3.8, 4) is 0 Å². The Morgan fingerprint density at radius 1 is 1.10 bits per heavy atom. The highest BCUT2D eigenvalue weighted by atomic mass is 16.4. The van der Waals surface area contributed by atoms with Crippen LogP contribution in [0.15, 0.2) is 0 Å². The third-order valence-electron chi connectivity index (χ3n) is 2.15. The maximum Gasteiger partial charge on any atom is 0.322 e. The van der Waals surface area contributed by atoms with Gasteiger partial charge in [0.2, 0.25) is 17.7 Å². The van der Waals surface area contributed by atoms with Crippen LogP contribution in [0.4, 0.5) is 0 Å². The molecule has 0 bridgehead atoms. The third kappa shape index (κ3) is 7.28. The Bertz CT molecular complexity index is 386. The molecule has 2 unspecified atom stereocenters. The number of aliphatic hydroxyl groups is 1. The van der Waals surface area contributed by atoms with Crippen molar-refractivity contribution in [2.24, 2.45) is 5.73 Å². The van der Waals surface area contributed by atoms with Gasteiger partial charge in [0.15, 0.2) is 0 Å². The largest absolute Gasteiger partial charge is 0.480 e. The van der Waals surface area contributed by atoms with Crippen molar-refractivity contribution in [1.29, 1.82) is 0 Å². The number of nitrogens with one attached hydrogen (secondary N) is 3. The lowest BCUT2D eigenvalue weighted by molar-refractivity contribution is -0.138. The molecule has 3 amide bonds. The minimum Gasteiger partial charge on any atom is -0.480 e. The Hall–Kier alpha value is -2.20. The Labute approximate surface area is 114 Å². The van der Waals surface area contributed by atoms with Crippen molar-refractivity contribution in [1.82, 2.24) is 16.0 Å². The first-order valence-electron chi connectivity index (χ1n) is 5.71. The molecule has 10 heteroatoms. The van der Waals surface area contributed by atoms with Crippen molar-refractivity contribution < 1.29 is 29.4 Å². The van der Waals surface area contributed by atoms with Gasteiger partial charge in [0, 0.05) is 0 Å². The lowest BCUT2D eigenvalue weighted by Gasteiger charge is -2.16. The molecule has 0 spiro atoms. The van der Waals surface area contributed by atoms with Gasteiger partial charge in [-0.15, -0.1) is 0 Å². The molecule has 0 aliphatic rings. The van der Waals surface area contributed by atoms with Gasteiger partial charge in [-0.2, -0.15) is 0 Å². The highest BCUT2D eigenvalue weighted by molar-refractivity contribution is 5.91. The summed E-state index contributed by atoms with van der Waals surface area (Å²) in [6.45, 7) is -0.158. The molecule has 0 radical (unpaired) electrons. The van der Waals surface area contributed by atoms with E-state index in [4.69, 9.17) is 15.9 Å². The zero-order valence-electron chi connectivity index (χ0n) is 10.9. The standard InChI is InChI=1S/C10H18N4O6/c1-5(14-10(20)6(11)4-15)9(19)13-2-7(16)12-3-8(17)18/h5-6,15H,2-4,11H2,1H3,(H,12,16)(H,13,19)(H,14,20)(H,17,18). The first-order chi connectivity index (χ1) is 9.27. The smallest absolute Gasteiger partial charge is 0.322 e. The van der Waals surface area contributed by atoms with Gasteiger partial charge in [-0.1, -0.05) is 0 Å². The monoisotopic (exact) mass is 290 g/mol. The van der Waals surface area contributed by atoms with E-state index < -0.39 is 55.5 Å². The number of carbonyl (C=O) groups excluding carboxylic acids is 3. The SMILES string of the molecule is CC(NC(=O)C(N)CO)C(=O)NCC(=O)NCC(=O)O. The summed E-state index contributed by atoms with van der Waals surface area (Å²) in [6, 6.07) is -2.09. The number of rotatable bonds is 8. The van der Waals surface area contributed by atoms with Crippen LogP contribution in [0.3, 0.4) is 0 Å². The number of carboxylic acids is 1. The quantitative estimate of drug-likeness (QED) is 0.265. The fourth-order valence-electron chi connectivity index (χ4n) is 1.03. The van der Waals surface area contributed by atoms with Gasteiger partial charge in [0.1, 0.15) is 18.6 Å². The topological polar surface area (TPSA) is 171 Å². The van der Waals surface area contributed by atoms with Gasteiger partial charge in [0.05, 0.1) is 13.2 Å². The number of nitrogens with two attached hydrogens (primary N) is 1. The summed E-state index contributed by atoms with van der Waals surface area (Å²) in [4.78, 5) is 44.1. The van der Waals surface area contributed by atoms with Crippen LogP contribution in [0.2, 0.25) is 0 Å². The van der Waals surface area contributed by atoms with Crippen molar-refractivity contribution in [3.63, 3.8) is 0 Å². The van der Waals surface area contributed by atoms with Gasteiger partial charge in [-0.3, -0.25) is 19.2 Å². The second-order valence-corrected chi connectivity index (χ2v) is 3.91. The second-order valence-electron chi connectivity index (χ2n) is 3.91. The molecule has 7 N–H and O–H groups in total. The van der Waals surface area contributed by atoms with E-state index in [1.54, 1.807) is 0 Å².